The van der Waals surface area contributed by atoms with Gasteiger partial charge in [0.25, 0.3) is 5.91 Å². The number of nitrogens with one attached hydrogen (secondary N) is 1. The molecule has 0 aliphatic carbocycles. The summed E-state index contributed by atoms with van der Waals surface area (Å²) in [5, 5.41) is 12.0. The van der Waals surface area contributed by atoms with E-state index in [1.165, 1.54) is 11.1 Å². The van der Waals surface area contributed by atoms with E-state index in [1.807, 2.05) is 30.3 Å². The third-order valence-electron chi connectivity index (χ3n) is 3.74. The minimum atomic E-state index is -0.960. The van der Waals surface area contributed by atoms with Crippen LogP contribution in [0.25, 0.3) is 0 Å². The van der Waals surface area contributed by atoms with Gasteiger partial charge in [0.15, 0.2) is 0 Å². The van der Waals surface area contributed by atoms with Crippen molar-refractivity contribution in [1.82, 2.24) is 19.8 Å². The molecule has 0 atom stereocenters. The van der Waals surface area contributed by atoms with Crippen molar-refractivity contribution >= 4 is 23.6 Å². The highest BCUT2D eigenvalue weighted by Gasteiger charge is 2.25. The molecule has 8 nitrogen and oxygen atoms in total. The highest BCUT2D eigenvalue weighted by atomic mass is 16.4. The zero-order valence-electron chi connectivity index (χ0n) is 12.9. The molecule has 3 rings (SSSR count). The Labute approximate surface area is 138 Å². The highest BCUT2D eigenvalue weighted by molar-refractivity contribution is 5.92. The second-order valence-electron chi connectivity index (χ2n) is 5.32. The molecule has 0 saturated carbocycles. The fourth-order valence-electron chi connectivity index (χ4n) is 2.45. The van der Waals surface area contributed by atoms with Crippen molar-refractivity contribution in [3.63, 3.8) is 0 Å². The molecular formula is C16H17N5O3. The van der Waals surface area contributed by atoms with Gasteiger partial charge >= 0.3 is 6.09 Å². The van der Waals surface area contributed by atoms with Crippen LogP contribution in [0.4, 0.5) is 16.4 Å². The van der Waals surface area contributed by atoms with E-state index in [1.54, 1.807) is 11.0 Å². The summed E-state index contributed by atoms with van der Waals surface area (Å²) in [5.41, 5.74) is 1.12. The van der Waals surface area contributed by atoms with Gasteiger partial charge in [0.05, 0.1) is 0 Å². The van der Waals surface area contributed by atoms with Crippen LogP contribution >= 0.6 is 0 Å². The van der Waals surface area contributed by atoms with E-state index in [0.29, 0.717) is 32.1 Å². The number of hydrogen-bond acceptors (Lipinski definition) is 5. The van der Waals surface area contributed by atoms with E-state index >= 15 is 0 Å². The van der Waals surface area contributed by atoms with Gasteiger partial charge in [-0.3, -0.25) is 4.79 Å². The summed E-state index contributed by atoms with van der Waals surface area (Å²) >= 11 is 0. The van der Waals surface area contributed by atoms with E-state index < -0.39 is 6.09 Å². The Hall–Kier alpha value is -3.16. The second kappa shape index (κ2) is 6.95. The van der Waals surface area contributed by atoms with Crippen molar-refractivity contribution in [1.29, 1.82) is 0 Å². The Kier molecular flexibility index (Phi) is 4.55. The van der Waals surface area contributed by atoms with Gasteiger partial charge in [0.2, 0.25) is 5.95 Å². The van der Waals surface area contributed by atoms with Gasteiger partial charge in [0, 0.05) is 38.1 Å². The summed E-state index contributed by atoms with van der Waals surface area (Å²) in [7, 11) is 0. The predicted molar refractivity (Wildman–Crippen MR) is 87.3 cm³/mol. The Morgan fingerprint density at radius 3 is 2.33 bits per heavy atom. The zero-order chi connectivity index (χ0) is 16.9. The molecule has 1 aromatic carbocycles. The lowest BCUT2D eigenvalue weighted by atomic mass is 10.3. The Morgan fingerprint density at radius 2 is 1.67 bits per heavy atom. The van der Waals surface area contributed by atoms with E-state index in [0.717, 1.165) is 5.69 Å². The summed E-state index contributed by atoms with van der Waals surface area (Å²) in [5.74, 6) is 0.120. The van der Waals surface area contributed by atoms with Crippen LogP contribution in [0.2, 0.25) is 0 Å². The number of hydrogen-bond donors (Lipinski definition) is 2. The summed E-state index contributed by atoms with van der Waals surface area (Å²) in [4.78, 5) is 34.7. The fourth-order valence-corrected chi connectivity index (χ4v) is 2.45. The van der Waals surface area contributed by atoms with Crippen molar-refractivity contribution in [2.75, 3.05) is 31.5 Å². The number of amides is 2. The molecule has 24 heavy (non-hydrogen) atoms. The topological polar surface area (TPSA) is 98.7 Å². The molecule has 124 valence electrons. The predicted octanol–water partition coefficient (Wildman–Crippen LogP) is 1.66. The van der Waals surface area contributed by atoms with E-state index in [9.17, 15) is 9.59 Å². The molecule has 1 fully saturated rings. The molecule has 1 saturated heterocycles. The lowest BCUT2D eigenvalue weighted by Crippen LogP contribution is -2.50. The van der Waals surface area contributed by atoms with Gasteiger partial charge in [-0.1, -0.05) is 18.2 Å². The van der Waals surface area contributed by atoms with Crippen LogP contribution in [0, 0.1) is 0 Å². The second-order valence-corrected chi connectivity index (χ2v) is 5.32. The number of nitrogens with zero attached hydrogens (tertiary/aromatic N) is 4. The Morgan fingerprint density at radius 1 is 1.00 bits per heavy atom. The van der Waals surface area contributed by atoms with Crippen LogP contribution in [-0.2, 0) is 0 Å². The average molecular weight is 327 g/mol. The summed E-state index contributed by atoms with van der Waals surface area (Å²) in [6.07, 6.45) is 0.567. The SMILES string of the molecule is O=C(O)N1CCN(C(=O)c2ccnc(Nc3ccccc3)n2)CC1. The number of carbonyl (C=O) groups excluding carboxylic acids is 1. The van der Waals surface area contributed by atoms with E-state index in [2.05, 4.69) is 15.3 Å². The first-order valence-electron chi connectivity index (χ1n) is 7.56. The number of anilines is 2. The maximum atomic E-state index is 12.5. The lowest BCUT2D eigenvalue weighted by molar-refractivity contribution is 0.0619. The van der Waals surface area contributed by atoms with E-state index in [4.69, 9.17) is 5.11 Å². The third kappa shape index (κ3) is 3.60. The van der Waals surface area contributed by atoms with Gasteiger partial charge in [-0.15, -0.1) is 0 Å². The van der Waals surface area contributed by atoms with Crippen LogP contribution in [0.1, 0.15) is 10.5 Å². The molecule has 2 amide bonds. The number of carbonyl (C=O) groups is 2. The smallest absolute Gasteiger partial charge is 0.407 e. The van der Waals surface area contributed by atoms with Crippen LogP contribution < -0.4 is 5.32 Å². The largest absolute Gasteiger partial charge is 0.465 e. The molecule has 2 N–H and O–H groups in total. The van der Waals surface area contributed by atoms with Gasteiger partial charge in [-0.05, 0) is 18.2 Å². The standard InChI is InChI=1S/C16H17N5O3/c22-14(20-8-10-21(11-9-20)16(23)24)13-6-7-17-15(19-13)18-12-4-2-1-3-5-12/h1-7H,8-11H2,(H,23,24)(H,17,18,19). The van der Waals surface area contributed by atoms with Crippen molar-refractivity contribution in [2.45, 2.75) is 0 Å². The molecular weight excluding hydrogens is 310 g/mol. The number of carboxylic acid groups (broad SMARTS) is 1. The Balaban J connectivity index is 1.67. The fraction of sp³-hybridized carbons (Fsp3) is 0.250. The first-order valence-corrected chi connectivity index (χ1v) is 7.56. The van der Waals surface area contributed by atoms with Crippen molar-refractivity contribution in [3.8, 4) is 0 Å². The quantitative estimate of drug-likeness (QED) is 0.889. The monoisotopic (exact) mass is 327 g/mol. The van der Waals surface area contributed by atoms with Crippen LogP contribution in [0.15, 0.2) is 42.6 Å². The van der Waals surface area contributed by atoms with Crippen molar-refractivity contribution in [3.05, 3.63) is 48.3 Å². The zero-order valence-corrected chi connectivity index (χ0v) is 12.9. The molecule has 0 unspecified atom stereocenters. The van der Waals surface area contributed by atoms with Gasteiger partial charge in [-0.25, -0.2) is 14.8 Å². The summed E-state index contributed by atoms with van der Waals surface area (Å²) in [6, 6.07) is 11.0. The lowest BCUT2D eigenvalue weighted by Gasteiger charge is -2.32. The maximum Gasteiger partial charge on any atom is 0.407 e. The molecule has 2 aromatic rings. The molecule has 1 aliphatic heterocycles. The molecule has 8 heteroatoms. The average Bonchev–Trinajstić information content (AvgIpc) is 2.62. The molecule has 2 heterocycles. The van der Waals surface area contributed by atoms with Crippen molar-refractivity contribution < 1.29 is 14.7 Å². The highest BCUT2D eigenvalue weighted by Crippen LogP contribution is 2.13. The normalized spacial score (nSPS) is 14.3. The molecule has 0 bridgehead atoms. The first kappa shape index (κ1) is 15.7. The van der Waals surface area contributed by atoms with Gasteiger partial charge < -0.3 is 20.2 Å². The summed E-state index contributed by atoms with van der Waals surface area (Å²) in [6.45, 7) is 1.33. The van der Waals surface area contributed by atoms with Gasteiger partial charge in [0.1, 0.15) is 5.69 Å². The Bertz CT molecular complexity index is 730. The number of benzene rings is 1. The molecule has 1 aromatic heterocycles. The third-order valence-corrected chi connectivity index (χ3v) is 3.74. The van der Waals surface area contributed by atoms with Crippen LogP contribution in [0.5, 0.6) is 0 Å². The number of para-hydroxylation sites is 1. The molecule has 0 spiro atoms. The van der Waals surface area contributed by atoms with E-state index in [-0.39, 0.29) is 11.6 Å². The first-order chi connectivity index (χ1) is 11.6. The molecule has 1 aliphatic rings. The maximum absolute atomic E-state index is 12.5. The van der Waals surface area contributed by atoms with Gasteiger partial charge in [-0.2, -0.15) is 0 Å². The van der Waals surface area contributed by atoms with Crippen LogP contribution in [-0.4, -0.2) is 63.1 Å². The van der Waals surface area contributed by atoms with Crippen molar-refractivity contribution in [2.24, 2.45) is 0 Å². The molecule has 0 radical (unpaired) electrons. The summed E-state index contributed by atoms with van der Waals surface area (Å²) < 4.78 is 0. The number of piperazine rings is 1. The number of rotatable bonds is 3. The number of aromatic nitrogens is 2. The minimum Gasteiger partial charge on any atom is -0.465 e. The minimum absolute atomic E-state index is 0.224. The van der Waals surface area contributed by atoms with Crippen LogP contribution in [0.3, 0.4) is 0 Å².